The Hall–Kier alpha value is -1.63. The van der Waals surface area contributed by atoms with E-state index in [4.69, 9.17) is 14.2 Å². The van der Waals surface area contributed by atoms with Gasteiger partial charge in [-0.05, 0) is 0 Å². The molecule has 0 aromatic heterocycles. The SMILES string of the molecule is CCOC(=O)C1(C(=O)OCC)[C@@H]([C@@H]([Se]c2ccccc2)[Si](CC)(CC)CC)[C@H]1C(=O)OC. The second-order valence-electron chi connectivity index (χ2n) is 8.11. The normalized spacial score (nSPS) is 20.2. The number of hydrogen-bond donors (Lipinski definition) is 0. The summed E-state index contributed by atoms with van der Waals surface area (Å²) >= 11 is -0.0206. The molecule has 0 aliphatic heterocycles. The molecule has 0 bridgehead atoms. The molecule has 1 saturated carbocycles. The number of hydrogen-bond acceptors (Lipinski definition) is 6. The summed E-state index contributed by atoms with van der Waals surface area (Å²) in [6, 6.07) is 13.3. The molecule has 1 aliphatic rings. The molecule has 0 unspecified atom stereocenters. The molecule has 0 saturated heterocycles. The standard InChI is InChI=1S/C24H36O6SeSi/c1-7-29-22(26)24(23(27)30-8-2)18(20(25)28-6)19(24)21(32(9-3,10-4)11-5)31-17-15-13-12-14-16-17/h12-16,18-19,21H,7-11H2,1-6H3/t18-,19+,21-/m0/s1. The Kier molecular flexibility index (Phi) is 9.55. The molecule has 3 atom stereocenters. The van der Waals surface area contributed by atoms with Gasteiger partial charge in [0.25, 0.3) is 0 Å². The van der Waals surface area contributed by atoms with Gasteiger partial charge in [-0.15, -0.1) is 0 Å². The summed E-state index contributed by atoms with van der Waals surface area (Å²) in [5.41, 5.74) is -1.61. The maximum absolute atomic E-state index is 13.3. The molecule has 0 amide bonds. The molecule has 1 fully saturated rings. The van der Waals surface area contributed by atoms with Crippen LogP contribution in [0.4, 0.5) is 0 Å². The molecule has 0 N–H and O–H groups in total. The first-order valence-electron chi connectivity index (χ1n) is 11.5. The van der Waals surface area contributed by atoms with Crippen molar-refractivity contribution in [2.24, 2.45) is 17.3 Å². The van der Waals surface area contributed by atoms with Crippen molar-refractivity contribution >= 4 is 45.4 Å². The molecule has 8 heteroatoms. The van der Waals surface area contributed by atoms with Crippen molar-refractivity contribution < 1.29 is 28.6 Å². The van der Waals surface area contributed by atoms with Crippen molar-refractivity contribution in [2.45, 2.75) is 57.2 Å². The fourth-order valence-electron chi connectivity index (χ4n) is 4.98. The van der Waals surface area contributed by atoms with Crippen LogP contribution in [0.2, 0.25) is 22.6 Å². The number of benzene rings is 1. The molecule has 0 heterocycles. The first-order valence-corrected chi connectivity index (χ1v) is 16.0. The maximum atomic E-state index is 13.3. The van der Waals surface area contributed by atoms with Crippen molar-refractivity contribution in [1.82, 2.24) is 0 Å². The van der Waals surface area contributed by atoms with Crippen molar-refractivity contribution in [2.75, 3.05) is 20.3 Å². The summed E-state index contributed by atoms with van der Waals surface area (Å²) in [5, 5.41) is 0. The van der Waals surface area contributed by atoms with E-state index in [1.165, 1.54) is 11.6 Å². The van der Waals surface area contributed by atoms with E-state index in [2.05, 4.69) is 32.9 Å². The number of carbonyl (C=O) groups is 3. The van der Waals surface area contributed by atoms with Gasteiger partial charge in [0, 0.05) is 0 Å². The van der Waals surface area contributed by atoms with Gasteiger partial charge < -0.3 is 0 Å². The van der Waals surface area contributed by atoms with E-state index in [-0.39, 0.29) is 32.6 Å². The third-order valence-electron chi connectivity index (χ3n) is 7.00. The predicted octanol–water partition coefficient (Wildman–Crippen LogP) is 3.38. The van der Waals surface area contributed by atoms with Crippen molar-refractivity contribution in [1.29, 1.82) is 0 Å². The summed E-state index contributed by atoms with van der Waals surface area (Å²) in [7, 11) is -0.647. The Morgan fingerprint density at radius 2 is 1.44 bits per heavy atom. The van der Waals surface area contributed by atoms with Crippen LogP contribution < -0.4 is 4.46 Å². The first kappa shape index (κ1) is 26.6. The molecule has 2 rings (SSSR count). The fraction of sp³-hybridized carbons (Fsp3) is 0.625. The van der Waals surface area contributed by atoms with E-state index in [1.54, 1.807) is 13.8 Å². The van der Waals surface area contributed by atoms with Crippen LogP contribution in [0.5, 0.6) is 0 Å². The van der Waals surface area contributed by atoms with Crippen LogP contribution in [-0.2, 0) is 28.6 Å². The number of ether oxygens (including phenoxy) is 3. The summed E-state index contributed by atoms with van der Waals surface area (Å²) in [5.74, 6) is -3.16. The van der Waals surface area contributed by atoms with Crippen LogP contribution in [0.25, 0.3) is 0 Å². The molecular weight excluding hydrogens is 491 g/mol. The Bertz CT molecular complexity index is 769. The van der Waals surface area contributed by atoms with Gasteiger partial charge in [0.1, 0.15) is 0 Å². The first-order chi connectivity index (χ1) is 15.3. The van der Waals surface area contributed by atoms with Crippen molar-refractivity contribution in [3.05, 3.63) is 30.3 Å². The molecule has 0 radical (unpaired) electrons. The van der Waals surface area contributed by atoms with Crippen LogP contribution in [0.1, 0.15) is 34.6 Å². The third-order valence-corrected chi connectivity index (χ3v) is 18.8. The molecule has 178 valence electrons. The summed E-state index contributed by atoms with van der Waals surface area (Å²) in [6.45, 7) is 10.3. The molecular formula is C24H36O6SeSi. The molecule has 32 heavy (non-hydrogen) atoms. The van der Waals surface area contributed by atoms with Crippen LogP contribution in [0.3, 0.4) is 0 Å². The monoisotopic (exact) mass is 528 g/mol. The number of carbonyl (C=O) groups excluding carboxylic acids is 3. The zero-order chi connectivity index (χ0) is 23.9. The van der Waals surface area contributed by atoms with Crippen LogP contribution in [-0.4, -0.2) is 61.3 Å². The van der Waals surface area contributed by atoms with E-state index >= 15 is 0 Å². The van der Waals surface area contributed by atoms with Gasteiger partial charge in [-0.25, -0.2) is 0 Å². The van der Waals surface area contributed by atoms with E-state index < -0.39 is 43.2 Å². The predicted molar refractivity (Wildman–Crippen MR) is 127 cm³/mol. The second kappa shape index (κ2) is 11.5. The number of methoxy groups -OCH3 is 1. The Morgan fingerprint density at radius 3 is 1.84 bits per heavy atom. The number of esters is 3. The average Bonchev–Trinajstić information content (AvgIpc) is 3.51. The number of rotatable bonds is 12. The molecule has 1 aliphatic carbocycles. The molecule has 1 aromatic rings. The zero-order valence-electron chi connectivity index (χ0n) is 20.0. The van der Waals surface area contributed by atoms with Crippen LogP contribution in [0.15, 0.2) is 30.3 Å². The quantitative estimate of drug-likeness (QED) is 0.180. The van der Waals surface area contributed by atoms with E-state index in [1.807, 2.05) is 18.2 Å². The van der Waals surface area contributed by atoms with E-state index in [0.29, 0.717) is 0 Å². The summed E-state index contributed by atoms with van der Waals surface area (Å²) < 4.78 is 17.2. The van der Waals surface area contributed by atoms with E-state index in [9.17, 15) is 14.4 Å². The van der Waals surface area contributed by atoms with Gasteiger partial charge >= 0.3 is 199 Å². The molecule has 0 spiro atoms. The van der Waals surface area contributed by atoms with Crippen molar-refractivity contribution in [3.8, 4) is 0 Å². The van der Waals surface area contributed by atoms with Crippen LogP contribution in [0, 0.1) is 17.3 Å². The topological polar surface area (TPSA) is 78.9 Å². The van der Waals surface area contributed by atoms with Gasteiger partial charge in [0.05, 0.1) is 0 Å². The van der Waals surface area contributed by atoms with Gasteiger partial charge in [-0.3, -0.25) is 0 Å². The minimum atomic E-state index is -1.95. The minimum absolute atomic E-state index is 0.0206. The van der Waals surface area contributed by atoms with Gasteiger partial charge in [-0.2, -0.15) is 0 Å². The van der Waals surface area contributed by atoms with Crippen molar-refractivity contribution in [3.63, 3.8) is 0 Å². The Balaban J connectivity index is 2.69. The second-order valence-corrected chi connectivity index (χ2v) is 17.1. The molecule has 6 nitrogen and oxygen atoms in total. The summed E-state index contributed by atoms with van der Waals surface area (Å²) in [6.07, 6.45) is 0. The Labute approximate surface area is 198 Å². The zero-order valence-corrected chi connectivity index (χ0v) is 22.7. The average molecular weight is 528 g/mol. The van der Waals surface area contributed by atoms with Gasteiger partial charge in [-0.1, -0.05) is 0 Å². The molecule has 1 aromatic carbocycles. The Morgan fingerprint density at radius 1 is 0.938 bits per heavy atom. The van der Waals surface area contributed by atoms with E-state index in [0.717, 1.165) is 18.1 Å². The third kappa shape index (κ3) is 4.68. The van der Waals surface area contributed by atoms with Crippen LogP contribution >= 0.6 is 0 Å². The summed E-state index contributed by atoms with van der Waals surface area (Å²) in [4.78, 5) is 39.6. The fourth-order valence-corrected chi connectivity index (χ4v) is 16.9. The van der Waals surface area contributed by atoms with Gasteiger partial charge in [0.2, 0.25) is 0 Å². The van der Waals surface area contributed by atoms with Gasteiger partial charge in [0.15, 0.2) is 0 Å².